The zero-order valence-electron chi connectivity index (χ0n) is 8.43. The summed E-state index contributed by atoms with van der Waals surface area (Å²) in [6.07, 6.45) is 1.63. The Morgan fingerprint density at radius 1 is 1.40 bits per heavy atom. The Labute approximate surface area is 87.6 Å². The summed E-state index contributed by atoms with van der Waals surface area (Å²) < 4.78 is 10.4. The second-order valence-corrected chi connectivity index (χ2v) is 3.08. The van der Waals surface area contributed by atoms with E-state index >= 15 is 0 Å². The monoisotopic (exact) mass is 204 g/mol. The van der Waals surface area contributed by atoms with Crippen molar-refractivity contribution >= 4 is 0 Å². The molecule has 1 heterocycles. The maximum atomic E-state index is 5.58. The molecular formula is C11H12N2O2. The summed E-state index contributed by atoms with van der Waals surface area (Å²) in [4.78, 5) is 0. The lowest BCUT2D eigenvalue weighted by Crippen LogP contribution is -1.96. The van der Waals surface area contributed by atoms with Gasteiger partial charge in [-0.05, 0) is 12.1 Å². The number of hydrogen-bond donors (Lipinski definition) is 1. The Balaban J connectivity index is 2.53. The maximum absolute atomic E-state index is 5.58. The van der Waals surface area contributed by atoms with Crippen molar-refractivity contribution in [2.45, 2.75) is 6.54 Å². The fourth-order valence-corrected chi connectivity index (χ4v) is 1.46. The van der Waals surface area contributed by atoms with E-state index in [1.54, 1.807) is 13.3 Å². The highest BCUT2D eigenvalue weighted by molar-refractivity contribution is 5.68. The van der Waals surface area contributed by atoms with Crippen LogP contribution in [-0.2, 0) is 6.54 Å². The van der Waals surface area contributed by atoms with Crippen molar-refractivity contribution in [1.82, 2.24) is 5.16 Å². The third-order valence-corrected chi connectivity index (χ3v) is 2.22. The number of rotatable bonds is 3. The molecule has 0 aliphatic rings. The lowest BCUT2D eigenvalue weighted by molar-refractivity contribution is 0.406. The SMILES string of the molecule is COc1ccccc1-c1oncc1CN. The third-order valence-electron chi connectivity index (χ3n) is 2.22. The number of aromatic nitrogens is 1. The maximum Gasteiger partial charge on any atom is 0.175 e. The topological polar surface area (TPSA) is 61.3 Å². The van der Waals surface area contributed by atoms with Crippen molar-refractivity contribution in [2.75, 3.05) is 7.11 Å². The molecule has 2 rings (SSSR count). The van der Waals surface area contributed by atoms with Crippen LogP contribution in [0.4, 0.5) is 0 Å². The van der Waals surface area contributed by atoms with E-state index in [1.165, 1.54) is 0 Å². The van der Waals surface area contributed by atoms with Gasteiger partial charge in [-0.2, -0.15) is 0 Å². The molecule has 15 heavy (non-hydrogen) atoms. The lowest BCUT2D eigenvalue weighted by Gasteiger charge is -2.05. The van der Waals surface area contributed by atoms with Gasteiger partial charge in [0.15, 0.2) is 5.76 Å². The highest BCUT2D eigenvalue weighted by Crippen LogP contribution is 2.31. The van der Waals surface area contributed by atoms with Crippen molar-refractivity contribution in [3.63, 3.8) is 0 Å². The summed E-state index contributed by atoms with van der Waals surface area (Å²) in [7, 11) is 1.62. The molecule has 0 aliphatic heterocycles. The molecule has 0 unspecified atom stereocenters. The number of nitrogens with zero attached hydrogens (tertiary/aromatic N) is 1. The molecule has 1 aromatic heterocycles. The van der Waals surface area contributed by atoms with Gasteiger partial charge < -0.3 is 15.0 Å². The minimum Gasteiger partial charge on any atom is -0.496 e. The van der Waals surface area contributed by atoms with Gasteiger partial charge in [-0.25, -0.2) is 0 Å². The first-order valence-electron chi connectivity index (χ1n) is 4.64. The molecule has 2 N–H and O–H groups in total. The van der Waals surface area contributed by atoms with E-state index in [0.717, 1.165) is 16.9 Å². The van der Waals surface area contributed by atoms with Crippen LogP contribution in [0.1, 0.15) is 5.56 Å². The van der Waals surface area contributed by atoms with Crippen LogP contribution in [0.15, 0.2) is 35.0 Å². The van der Waals surface area contributed by atoms with Crippen LogP contribution < -0.4 is 10.5 Å². The number of hydrogen-bond acceptors (Lipinski definition) is 4. The highest BCUT2D eigenvalue weighted by atomic mass is 16.5. The molecule has 4 nitrogen and oxygen atoms in total. The van der Waals surface area contributed by atoms with Crippen molar-refractivity contribution in [3.8, 4) is 17.1 Å². The fraction of sp³-hybridized carbons (Fsp3) is 0.182. The van der Waals surface area contributed by atoms with Crippen LogP contribution in [-0.4, -0.2) is 12.3 Å². The van der Waals surface area contributed by atoms with E-state index in [1.807, 2.05) is 24.3 Å². The molecule has 2 aromatic rings. The number of benzene rings is 1. The normalized spacial score (nSPS) is 10.3. The first-order valence-corrected chi connectivity index (χ1v) is 4.64. The van der Waals surface area contributed by atoms with E-state index in [4.69, 9.17) is 15.0 Å². The largest absolute Gasteiger partial charge is 0.496 e. The van der Waals surface area contributed by atoms with E-state index in [-0.39, 0.29) is 0 Å². The van der Waals surface area contributed by atoms with Gasteiger partial charge in [0.25, 0.3) is 0 Å². The molecule has 0 bridgehead atoms. The van der Waals surface area contributed by atoms with Crippen molar-refractivity contribution < 1.29 is 9.26 Å². The first kappa shape index (κ1) is 9.73. The standard InChI is InChI=1S/C11H12N2O2/c1-14-10-5-3-2-4-9(10)11-8(6-12)7-13-15-11/h2-5,7H,6,12H2,1H3. The van der Waals surface area contributed by atoms with Gasteiger partial charge in [-0.3, -0.25) is 0 Å². The molecule has 78 valence electrons. The molecule has 0 spiro atoms. The van der Waals surface area contributed by atoms with E-state index in [2.05, 4.69) is 5.16 Å². The van der Waals surface area contributed by atoms with Gasteiger partial charge in [-0.15, -0.1) is 0 Å². The summed E-state index contributed by atoms with van der Waals surface area (Å²) in [6, 6.07) is 7.61. The molecule has 4 heteroatoms. The molecule has 0 radical (unpaired) electrons. The van der Waals surface area contributed by atoms with Gasteiger partial charge in [0, 0.05) is 12.1 Å². The Hall–Kier alpha value is -1.81. The van der Waals surface area contributed by atoms with Crippen LogP contribution >= 0.6 is 0 Å². The molecule has 1 aromatic carbocycles. The lowest BCUT2D eigenvalue weighted by atomic mass is 10.1. The van der Waals surface area contributed by atoms with E-state index in [0.29, 0.717) is 12.3 Å². The van der Waals surface area contributed by atoms with Crippen molar-refractivity contribution in [1.29, 1.82) is 0 Å². The number of nitrogens with two attached hydrogens (primary N) is 1. The van der Waals surface area contributed by atoms with Crippen LogP contribution in [0, 0.1) is 0 Å². The molecule has 0 fully saturated rings. The number of para-hydroxylation sites is 1. The molecule has 0 saturated carbocycles. The van der Waals surface area contributed by atoms with E-state index in [9.17, 15) is 0 Å². The second kappa shape index (κ2) is 4.14. The zero-order chi connectivity index (χ0) is 10.7. The minimum absolute atomic E-state index is 0.400. The van der Waals surface area contributed by atoms with Crippen LogP contribution in [0.2, 0.25) is 0 Å². The average Bonchev–Trinajstić information content (AvgIpc) is 2.76. The zero-order valence-corrected chi connectivity index (χ0v) is 8.43. The highest BCUT2D eigenvalue weighted by Gasteiger charge is 2.13. The summed E-state index contributed by atoms with van der Waals surface area (Å²) in [5.41, 5.74) is 7.33. The fourth-order valence-electron chi connectivity index (χ4n) is 1.46. The summed E-state index contributed by atoms with van der Waals surface area (Å²) in [6.45, 7) is 0.400. The number of ether oxygens (including phenoxy) is 1. The van der Waals surface area contributed by atoms with Gasteiger partial charge in [0.2, 0.25) is 0 Å². The quantitative estimate of drug-likeness (QED) is 0.828. The molecule has 0 aliphatic carbocycles. The predicted octanol–water partition coefficient (Wildman–Crippen LogP) is 1.81. The van der Waals surface area contributed by atoms with Crippen molar-refractivity contribution in [3.05, 3.63) is 36.0 Å². The molecular weight excluding hydrogens is 192 g/mol. The molecule has 0 saturated heterocycles. The average molecular weight is 204 g/mol. The van der Waals surface area contributed by atoms with E-state index < -0.39 is 0 Å². The Bertz CT molecular complexity index is 451. The molecule has 0 amide bonds. The smallest absolute Gasteiger partial charge is 0.175 e. The first-order chi connectivity index (χ1) is 7.36. The van der Waals surface area contributed by atoms with Gasteiger partial charge >= 0.3 is 0 Å². The van der Waals surface area contributed by atoms with Crippen LogP contribution in [0.5, 0.6) is 5.75 Å². The minimum atomic E-state index is 0.400. The Morgan fingerprint density at radius 2 is 2.20 bits per heavy atom. The molecule has 0 atom stereocenters. The Kier molecular flexibility index (Phi) is 2.69. The number of methoxy groups -OCH3 is 1. The van der Waals surface area contributed by atoms with Gasteiger partial charge in [0.05, 0.1) is 18.9 Å². The Morgan fingerprint density at radius 3 is 2.93 bits per heavy atom. The summed E-state index contributed by atoms with van der Waals surface area (Å²) >= 11 is 0. The van der Waals surface area contributed by atoms with Crippen molar-refractivity contribution in [2.24, 2.45) is 5.73 Å². The van der Waals surface area contributed by atoms with Crippen LogP contribution in [0.3, 0.4) is 0 Å². The predicted molar refractivity (Wildman–Crippen MR) is 56.4 cm³/mol. The van der Waals surface area contributed by atoms with Gasteiger partial charge in [0.1, 0.15) is 5.75 Å². The third kappa shape index (κ3) is 1.71. The summed E-state index contributed by atoms with van der Waals surface area (Å²) in [5, 5.41) is 3.73. The van der Waals surface area contributed by atoms with Gasteiger partial charge in [-0.1, -0.05) is 17.3 Å². The second-order valence-electron chi connectivity index (χ2n) is 3.08. The summed E-state index contributed by atoms with van der Waals surface area (Å²) in [5.74, 6) is 1.43. The van der Waals surface area contributed by atoms with Crippen LogP contribution in [0.25, 0.3) is 11.3 Å².